The van der Waals surface area contributed by atoms with Crippen LogP contribution >= 0.6 is 0 Å². The Labute approximate surface area is 53.8 Å². The number of ether oxygens (including phenoxy) is 2. The molecule has 52 valence electrons. The maximum atomic E-state index is 6.91. The van der Waals surface area contributed by atoms with E-state index in [-0.39, 0.29) is 11.8 Å². The highest BCUT2D eigenvalue weighted by Gasteiger charge is 1.89. The number of hydrogen-bond donors (Lipinski definition) is 2. The van der Waals surface area contributed by atoms with Crippen LogP contribution in [0, 0.1) is 5.41 Å². The van der Waals surface area contributed by atoms with Crippen LogP contribution in [0.2, 0.25) is 0 Å². The molecule has 4 heteroatoms. The summed E-state index contributed by atoms with van der Waals surface area (Å²) in [6.45, 7) is 0. The lowest BCUT2D eigenvalue weighted by atomic mass is 10.6. The van der Waals surface area contributed by atoms with E-state index in [0.29, 0.717) is 0 Å². The predicted octanol–water partition coefficient (Wildman–Crippen LogP) is 0.0566. The number of methoxy groups -OCH3 is 2. The molecule has 0 aliphatic carbocycles. The van der Waals surface area contributed by atoms with Gasteiger partial charge in [-0.2, -0.15) is 0 Å². The van der Waals surface area contributed by atoms with Crippen molar-refractivity contribution in [2.24, 2.45) is 5.73 Å². The molecule has 4 nitrogen and oxygen atoms in total. The summed E-state index contributed by atoms with van der Waals surface area (Å²) in [4.78, 5) is 0. The molecule has 0 unspecified atom stereocenters. The van der Waals surface area contributed by atoms with E-state index in [1.165, 1.54) is 20.3 Å². The van der Waals surface area contributed by atoms with Crippen LogP contribution in [0.1, 0.15) is 0 Å². The molecule has 0 aromatic carbocycles. The van der Waals surface area contributed by atoms with Crippen molar-refractivity contribution in [3.63, 3.8) is 0 Å². The topological polar surface area (TPSA) is 68.3 Å². The van der Waals surface area contributed by atoms with Crippen molar-refractivity contribution in [3.05, 3.63) is 12.0 Å². The lowest BCUT2D eigenvalue weighted by molar-refractivity contribution is 0.286. The molecule has 0 aliphatic heterocycles. The van der Waals surface area contributed by atoms with Crippen LogP contribution in [0.5, 0.6) is 0 Å². The molecular formula is C5H10N2O2. The highest BCUT2D eigenvalue weighted by Crippen LogP contribution is 1.84. The molecule has 0 amide bonds. The van der Waals surface area contributed by atoms with Gasteiger partial charge in [0.25, 0.3) is 0 Å². The van der Waals surface area contributed by atoms with Crippen molar-refractivity contribution in [3.8, 4) is 0 Å². The van der Waals surface area contributed by atoms with Crippen LogP contribution < -0.4 is 5.73 Å². The highest BCUT2D eigenvalue weighted by molar-refractivity contribution is 5.84. The van der Waals surface area contributed by atoms with Crippen molar-refractivity contribution < 1.29 is 9.47 Å². The van der Waals surface area contributed by atoms with Crippen molar-refractivity contribution in [1.82, 2.24) is 0 Å². The zero-order chi connectivity index (χ0) is 7.28. The minimum atomic E-state index is -0.0191. The molecule has 0 heterocycles. The van der Waals surface area contributed by atoms with E-state index in [0.717, 1.165) is 0 Å². The van der Waals surface area contributed by atoms with E-state index in [9.17, 15) is 0 Å². The highest BCUT2D eigenvalue weighted by atomic mass is 16.5. The van der Waals surface area contributed by atoms with Crippen molar-refractivity contribution >= 4 is 5.90 Å². The Morgan fingerprint density at radius 3 is 2.33 bits per heavy atom. The van der Waals surface area contributed by atoms with Gasteiger partial charge in [0.05, 0.1) is 20.3 Å². The van der Waals surface area contributed by atoms with Gasteiger partial charge in [-0.1, -0.05) is 0 Å². The second-order valence-corrected chi connectivity index (χ2v) is 1.32. The van der Waals surface area contributed by atoms with Crippen LogP contribution in [0.15, 0.2) is 12.0 Å². The quantitative estimate of drug-likeness (QED) is 0.315. The molecule has 0 radical (unpaired) electrons. The van der Waals surface area contributed by atoms with E-state index >= 15 is 0 Å². The minimum Gasteiger partial charge on any atom is -0.483 e. The van der Waals surface area contributed by atoms with Gasteiger partial charge in [0.2, 0.25) is 5.90 Å². The molecule has 0 spiro atoms. The first-order chi connectivity index (χ1) is 4.20. The maximum absolute atomic E-state index is 6.91. The number of rotatable bonds is 2. The fourth-order valence-electron chi connectivity index (χ4n) is 0.247. The summed E-state index contributed by atoms with van der Waals surface area (Å²) in [7, 11) is 2.82. The molecule has 3 N–H and O–H groups in total. The Morgan fingerprint density at radius 1 is 1.44 bits per heavy atom. The maximum Gasteiger partial charge on any atom is 0.210 e. The minimum absolute atomic E-state index is 0.0191. The molecule has 0 saturated heterocycles. The van der Waals surface area contributed by atoms with E-state index in [1.54, 1.807) is 0 Å². The van der Waals surface area contributed by atoms with Gasteiger partial charge >= 0.3 is 0 Å². The summed E-state index contributed by atoms with van der Waals surface area (Å²) >= 11 is 0. The Bertz CT molecular complexity index is 131. The first-order valence-electron chi connectivity index (χ1n) is 2.34. The first kappa shape index (κ1) is 7.81. The third-order valence-electron chi connectivity index (χ3n) is 0.729. The smallest absolute Gasteiger partial charge is 0.210 e. The van der Waals surface area contributed by atoms with Crippen molar-refractivity contribution in [1.29, 1.82) is 5.41 Å². The van der Waals surface area contributed by atoms with Gasteiger partial charge in [-0.25, -0.2) is 0 Å². The summed E-state index contributed by atoms with van der Waals surface area (Å²) in [5.41, 5.74) is 5.17. The molecule has 0 aromatic heterocycles. The molecule has 0 bridgehead atoms. The Kier molecular flexibility index (Phi) is 3.27. The summed E-state index contributed by atoms with van der Waals surface area (Å²) < 4.78 is 9.01. The third kappa shape index (κ3) is 3.40. The number of nitrogens with two attached hydrogens (primary N) is 1. The van der Waals surface area contributed by atoms with E-state index in [4.69, 9.17) is 11.1 Å². The van der Waals surface area contributed by atoms with E-state index in [2.05, 4.69) is 9.47 Å². The summed E-state index contributed by atoms with van der Waals surface area (Å²) in [6, 6.07) is 0. The summed E-state index contributed by atoms with van der Waals surface area (Å²) in [5.74, 6) is 0.149. The van der Waals surface area contributed by atoms with Crippen LogP contribution in [-0.4, -0.2) is 20.1 Å². The van der Waals surface area contributed by atoms with Crippen molar-refractivity contribution in [2.75, 3.05) is 14.2 Å². The molecule has 0 aromatic rings. The zero-order valence-electron chi connectivity index (χ0n) is 5.47. The standard InChI is InChI=1S/C5H10N2O2/c1-8-4(6)3-5(7)9-2/h3,6H,7H2,1-2H3/b5-3+,6-4?. The van der Waals surface area contributed by atoms with Crippen LogP contribution in [0.25, 0.3) is 0 Å². The second kappa shape index (κ2) is 3.77. The van der Waals surface area contributed by atoms with Gasteiger partial charge in [0.15, 0.2) is 5.88 Å². The Morgan fingerprint density at radius 2 is 2.00 bits per heavy atom. The van der Waals surface area contributed by atoms with E-state index in [1.807, 2.05) is 0 Å². The van der Waals surface area contributed by atoms with Gasteiger partial charge < -0.3 is 15.2 Å². The largest absolute Gasteiger partial charge is 0.483 e. The lowest BCUT2D eigenvalue weighted by Crippen LogP contribution is -2.04. The molecule has 0 fully saturated rings. The fourth-order valence-corrected chi connectivity index (χ4v) is 0.247. The zero-order valence-corrected chi connectivity index (χ0v) is 5.47. The monoisotopic (exact) mass is 130 g/mol. The van der Waals surface area contributed by atoms with Crippen LogP contribution in [0.3, 0.4) is 0 Å². The SMILES string of the molecule is COC(=N)/C=C(\N)OC. The molecule has 0 atom stereocenters. The van der Waals surface area contributed by atoms with Gasteiger partial charge in [-0.3, -0.25) is 5.41 Å². The van der Waals surface area contributed by atoms with Gasteiger partial charge in [-0.05, 0) is 0 Å². The first-order valence-corrected chi connectivity index (χ1v) is 2.34. The third-order valence-corrected chi connectivity index (χ3v) is 0.729. The van der Waals surface area contributed by atoms with Gasteiger partial charge in [0.1, 0.15) is 0 Å². The normalized spacial score (nSPS) is 10.7. The number of nitrogens with one attached hydrogen (secondary N) is 1. The average Bonchev–Trinajstić information content (AvgIpc) is 1.87. The van der Waals surface area contributed by atoms with Crippen molar-refractivity contribution in [2.45, 2.75) is 0 Å². The van der Waals surface area contributed by atoms with Gasteiger partial charge in [0, 0.05) is 0 Å². The summed E-state index contributed by atoms with van der Waals surface area (Å²) in [5, 5.41) is 6.91. The molecule has 9 heavy (non-hydrogen) atoms. The van der Waals surface area contributed by atoms with Crippen LogP contribution in [0.4, 0.5) is 0 Å². The second-order valence-electron chi connectivity index (χ2n) is 1.32. The molecule has 0 aliphatic rings. The van der Waals surface area contributed by atoms with Gasteiger partial charge in [-0.15, -0.1) is 0 Å². The predicted molar refractivity (Wildman–Crippen MR) is 34.0 cm³/mol. The Balaban J connectivity index is 3.79. The fraction of sp³-hybridized carbons (Fsp3) is 0.400. The van der Waals surface area contributed by atoms with E-state index < -0.39 is 0 Å². The Hall–Kier alpha value is -1.19. The average molecular weight is 130 g/mol. The lowest BCUT2D eigenvalue weighted by Gasteiger charge is -1.97. The van der Waals surface area contributed by atoms with Crippen LogP contribution in [-0.2, 0) is 9.47 Å². The molecule has 0 rings (SSSR count). The number of hydrogen-bond acceptors (Lipinski definition) is 4. The summed E-state index contributed by atoms with van der Waals surface area (Å²) in [6.07, 6.45) is 1.28. The molecular weight excluding hydrogens is 120 g/mol. The molecule has 0 saturated carbocycles.